The van der Waals surface area contributed by atoms with E-state index in [-0.39, 0.29) is 12.0 Å². The van der Waals surface area contributed by atoms with Crippen molar-refractivity contribution in [3.8, 4) is 6.07 Å². The molecule has 0 saturated carbocycles. The highest BCUT2D eigenvalue weighted by Crippen LogP contribution is 2.42. The van der Waals surface area contributed by atoms with Crippen LogP contribution in [0.3, 0.4) is 0 Å². The van der Waals surface area contributed by atoms with Crippen LogP contribution in [0.1, 0.15) is 117 Å². The number of nitrogens with zero attached hydrogens (tertiary/aromatic N) is 7. The first-order valence-corrected chi connectivity index (χ1v) is 21.9. The predicted molar refractivity (Wildman–Crippen MR) is 227 cm³/mol. The maximum Gasteiger partial charge on any atom is 0.160 e. The van der Waals surface area contributed by atoms with Gasteiger partial charge in [-0.05, 0) is 120 Å². The molecule has 5 heterocycles. The van der Waals surface area contributed by atoms with Gasteiger partial charge in [0, 0.05) is 38.1 Å². The van der Waals surface area contributed by atoms with Gasteiger partial charge in [-0.25, -0.2) is 4.99 Å². The number of hydrogen-bond acceptors (Lipinski definition) is 7. The van der Waals surface area contributed by atoms with Gasteiger partial charge >= 0.3 is 0 Å². The summed E-state index contributed by atoms with van der Waals surface area (Å²) < 4.78 is 0. The van der Waals surface area contributed by atoms with Crippen molar-refractivity contribution >= 4 is 12.2 Å². The zero-order valence-electron chi connectivity index (χ0n) is 34.1. The van der Waals surface area contributed by atoms with Gasteiger partial charge in [-0.2, -0.15) is 5.26 Å². The molecule has 0 amide bonds. The van der Waals surface area contributed by atoms with Gasteiger partial charge in [0.05, 0.1) is 18.5 Å². The molecule has 7 nitrogen and oxygen atoms in total. The molecule has 3 saturated heterocycles. The van der Waals surface area contributed by atoms with Crippen molar-refractivity contribution in [2.45, 2.75) is 123 Å². The molecule has 0 radical (unpaired) electrons. The largest absolute Gasteiger partial charge is 0.358 e. The fourth-order valence-electron chi connectivity index (χ4n) is 9.82. The summed E-state index contributed by atoms with van der Waals surface area (Å²) >= 11 is 0. The fraction of sp³-hybridized carbons (Fsp3) is 0.660. The van der Waals surface area contributed by atoms with Crippen molar-refractivity contribution in [3.63, 3.8) is 0 Å². The van der Waals surface area contributed by atoms with E-state index < -0.39 is 0 Å². The summed E-state index contributed by atoms with van der Waals surface area (Å²) in [6, 6.07) is 2.60. The molecule has 1 spiro atoms. The molecule has 6 aliphatic rings. The SMILES string of the molecule is CC/C=C1/CN=CN=C(N2CC3(CCCCN(CC/C4=C(\CC)C5=CC(C=CC4)N(CCN4CCCCC4)C(C#N)=C=C5)CCC3)C2)C1C=CCCCC. The van der Waals surface area contributed by atoms with Crippen LogP contribution in [0.2, 0.25) is 0 Å². The number of fused-ring (bicyclic) bond motifs is 1. The lowest BCUT2D eigenvalue weighted by molar-refractivity contribution is 0.0347. The predicted octanol–water partition coefficient (Wildman–Crippen LogP) is 9.41. The highest BCUT2D eigenvalue weighted by Gasteiger charge is 2.45. The van der Waals surface area contributed by atoms with Crippen molar-refractivity contribution in [1.29, 1.82) is 5.26 Å². The summed E-state index contributed by atoms with van der Waals surface area (Å²) in [4.78, 5) is 19.8. The fourth-order valence-corrected chi connectivity index (χ4v) is 9.82. The molecule has 2 bridgehead atoms. The van der Waals surface area contributed by atoms with E-state index in [1.807, 2.05) is 6.34 Å². The molecule has 54 heavy (non-hydrogen) atoms. The number of allylic oxidation sites excluding steroid dienone is 6. The van der Waals surface area contributed by atoms with Gasteiger partial charge in [-0.3, -0.25) is 4.99 Å². The lowest BCUT2D eigenvalue weighted by Crippen LogP contribution is -2.59. The van der Waals surface area contributed by atoms with Gasteiger partial charge in [0.15, 0.2) is 5.70 Å². The van der Waals surface area contributed by atoms with Crippen LogP contribution in [0.4, 0.5) is 0 Å². The average molecular weight is 732 g/mol. The quantitative estimate of drug-likeness (QED) is 0.114. The molecule has 0 aromatic heterocycles. The normalized spacial score (nSPS) is 27.6. The van der Waals surface area contributed by atoms with Crippen molar-refractivity contribution < 1.29 is 0 Å². The van der Waals surface area contributed by atoms with E-state index in [0.29, 0.717) is 11.1 Å². The van der Waals surface area contributed by atoms with Crippen molar-refractivity contribution in [1.82, 2.24) is 19.6 Å². The Balaban J connectivity index is 1.06. The van der Waals surface area contributed by atoms with E-state index in [9.17, 15) is 5.26 Å². The highest BCUT2D eigenvalue weighted by molar-refractivity contribution is 5.95. The lowest BCUT2D eigenvalue weighted by atomic mass is 9.71. The first-order valence-electron chi connectivity index (χ1n) is 21.9. The van der Waals surface area contributed by atoms with Gasteiger partial charge in [0.2, 0.25) is 0 Å². The number of rotatable bonds is 12. The second-order valence-corrected chi connectivity index (χ2v) is 16.7. The second-order valence-electron chi connectivity index (χ2n) is 16.7. The number of amidine groups is 1. The molecule has 2 atom stereocenters. The summed E-state index contributed by atoms with van der Waals surface area (Å²) in [5.41, 5.74) is 10.2. The Morgan fingerprint density at radius 2 is 1.74 bits per heavy atom. The number of likely N-dealkylation sites (tertiary alicyclic amines) is 2. The van der Waals surface area contributed by atoms with Crippen LogP contribution in [-0.2, 0) is 0 Å². The number of aliphatic imine (C=N–C) groups is 2. The van der Waals surface area contributed by atoms with Crippen molar-refractivity contribution in [2.24, 2.45) is 21.3 Å². The van der Waals surface area contributed by atoms with Crippen LogP contribution < -0.4 is 0 Å². The van der Waals surface area contributed by atoms with Gasteiger partial charge in [0.1, 0.15) is 18.2 Å². The number of hydrogen-bond donors (Lipinski definition) is 0. The Kier molecular flexibility index (Phi) is 15.3. The molecule has 2 unspecified atom stereocenters. The van der Waals surface area contributed by atoms with E-state index in [1.54, 1.807) is 5.57 Å². The Labute approximate surface area is 328 Å². The average Bonchev–Trinajstić information content (AvgIpc) is 3.42. The summed E-state index contributed by atoms with van der Waals surface area (Å²) in [7, 11) is 0. The van der Waals surface area contributed by atoms with Gasteiger partial charge in [0.25, 0.3) is 0 Å². The first kappa shape index (κ1) is 40.2. The summed E-state index contributed by atoms with van der Waals surface area (Å²) in [5.74, 6) is 1.47. The maximum atomic E-state index is 10.2. The molecule has 1 aliphatic carbocycles. The monoisotopic (exact) mass is 732 g/mol. The molecular weight excluding hydrogens is 663 g/mol. The molecule has 0 aromatic rings. The van der Waals surface area contributed by atoms with E-state index in [1.165, 1.54) is 113 Å². The number of piperidine rings is 1. The smallest absolute Gasteiger partial charge is 0.160 e. The zero-order valence-corrected chi connectivity index (χ0v) is 34.1. The van der Waals surface area contributed by atoms with E-state index in [2.05, 4.69) is 99.7 Å². The van der Waals surface area contributed by atoms with Gasteiger partial charge in [-0.15, -0.1) is 0 Å². The lowest BCUT2D eigenvalue weighted by Gasteiger charge is -2.53. The molecule has 7 heteroatoms. The van der Waals surface area contributed by atoms with Crippen LogP contribution >= 0.6 is 0 Å². The Morgan fingerprint density at radius 1 is 0.963 bits per heavy atom. The maximum absolute atomic E-state index is 10.2. The Hall–Kier alpha value is -3.43. The minimum Gasteiger partial charge on any atom is -0.358 e. The van der Waals surface area contributed by atoms with Crippen LogP contribution in [0.5, 0.6) is 0 Å². The molecule has 292 valence electrons. The van der Waals surface area contributed by atoms with Crippen molar-refractivity contribution in [3.05, 3.63) is 76.3 Å². The third-order valence-corrected chi connectivity index (χ3v) is 12.9. The van der Waals surface area contributed by atoms with E-state index >= 15 is 0 Å². The summed E-state index contributed by atoms with van der Waals surface area (Å²) in [6.07, 6.45) is 36.5. The van der Waals surface area contributed by atoms with Crippen LogP contribution in [-0.4, -0.2) is 103 Å². The standard InChI is InChI=1S/C47H69N7/c1-4-7-8-10-20-45-41(17-5-2)35-49-38-50-46(45)53-36-47(37-53)24-11-14-28-51(29-16-25-47)30-23-39-18-15-19-42-33-40(44(39)6-3)21-22-43(34-48)54(42)32-31-52-26-12-9-13-27-52/h10,15,17,19-21,33,38,42,45H,4-9,11-14,16,18,23-32,35-37H2,1-3H3/b19-15?,20-10?,41-17-,44-39+. The highest BCUT2D eigenvalue weighted by atomic mass is 15.3. The number of unbranched alkanes of at least 4 members (excludes halogenated alkanes) is 2. The minimum atomic E-state index is 0.104. The van der Waals surface area contributed by atoms with Crippen molar-refractivity contribution in [2.75, 3.05) is 65.4 Å². The second kappa shape index (κ2) is 20.5. The van der Waals surface area contributed by atoms with Gasteiger partial charge < -0.3 is 19.6 Å². The Morgan fingerprint density at radius 3 is 2.52 bits per heavy atom. The van der Waals surface area contributed by atoms with Crippen LogP contribution in [0, 0.1) is 22.7 Å². The van der Waals surface area contributed by atoms with E-state index in [0.717, 1.165) is 71.4 Å². The molecule has 5 aliphatic heterocycles. The van der Waals surface area contributed by atoms with E-state index in [4.69, 9.17) is 4.99 Å². The number of nitriles is 1. The molecule has 6 rings (SSSR count). The van der Waals surface area contributed by atoms with Gasteiger partial charge in [-0.1, -0.05) is 94.2 Å². The molecule has 3 fully saturated rings. The minimum absolute atomic E-state index is 0.104. The summed E-state index contributed by atoms with van der Waals surface area (Å²) in [5, 5.41) is 10.2. The zero-order chi connectivity index (χ0) is 37.6. The van der Waals surface area contributed by atoms with Crippen LogP contribution in [0.25, 0.3) is 0 Å². The Bertz CT molecular complexity index is 1580. The molecule has 0 N–H and O–H groups in total. The van der Waals surface area contributed by atoms with Crippen LogP contribution in [0.15, 0.2) is 86.2 Å². The molecular formula is C47H69N7. The topological polar surface area (TPSA) is 61.5 Å². The third kappa shape index (κ3) is 10.4. The first-order chi connectivity index (χ1) is 26.6. The summed E-state index contributed by atoms with van der Waals surface area (Å²) in [6.45, 7) is 17.6. The third-order valence-electron chi connectivity index (χ3n) is 12.9. The molecule has 0 aromatic carbocycles.